The van der Waals surface area contributed by atoms with Crippen molar-refractivity contribution in [2.24, 2.45) is 5.73 Å². The third-order valence-corrected chi connectivity index (χ3v) is 2.74. The van der Waals surface area contributed by atoms with Crippen LogP contribution in [0.5, 0.6) is 0 Å². The number of anilines is 1. The van der Waals surface area contributed by atoms with Gasteiger partial charge in [-0.15, -0.1) is 0 Å². The summed E-state index contributed by atoms with van der Waals surface area (Å²) in [5.74, 6) is -2.68. The van der Waals surface area contributed by atoms with Crippen molar-refractivity contribution in [3.8, 4) is 0 Å². The topological polar surface area (TPSA) is 92.4 Å². The minimum atomic E-state index is -1.39. The Morgan fingerprint density at radius 3 is 2.63 bits per heavy atom. The minimum absolute atomic E-state index is 0.205. The molecule has 1 unspecified atom stereocenters. The monoisotopic (exact) mass is 268 g/mol. The van der Waals surface area contributed by atoms with Crippen molar-refractivity contribution in [1.82, 2.24) is 0 Å². The van der Waals surface area contributed by atoms with E-state index in [9.17, 15) is 14.0 Å². The van der Waals surface area contributed by atoms with Gasteiger partial charge in [0.05, 0.1) is 11.1 Å². The summed E-state index contributed by atoms with van der Waals surface area (Å²) >= 11 is 0. The maximum Gasteiger partial charge on any atom is 0.338 e. The molecule has 0 aliphatic heterocycles. The Morgan fingerprint density at radius 1 is 1.47 bits per heavy atom. The molecule has 0 fully saturated rings. The number of carbonyl (C=O) groups is 2. The van der Waals surface area contributed by atoms with Gasteiger partial charge in [0.2, 0.25) is 5.91 Å². The first kappa shape index (κ1) is 15.1. The maximum atomic E-state index is 13.2. The number of aromatic carboxylic acids is 1. The van der Waals surface area contributed by atoms with Crippen LogP contribution < -0.4 is 11.1 Å². The Kier molecular flexibility index (Phi) is 4.61. The van der Waals surface area contributed by atoms with E-state index < -0.39 is 28.8 Å². The number of benzene rings is 1. The number of nitrogens with one attached hydrogen (secondary N) is 1. The summed E-state index contributed by atoms with van der Waals surface area (Å²) in [5, 5.41) is 11.3. The molecule has 104 valence electrons. The van der Waals surface area contributed by atoms with E-state index in [4.69, 9.17) is 10.8 Å². The lowest BCUT2D eigenvalue weighted by molar-refractivity contribution is -0.120. The smallest absolute Gasteiger partial charge is 0.338 e. The molecule has 4 N–H and O–H groups in total. The van der Waals surface area contributed by atoms with Crippen molar-refractivity contribution < 1.29 is 19.1 Å². The SMILES string of the molecule is CCCC(C)(N)C(=O)Nc1ccc(F)c(C(=O)O)c1. The third kappa shape index (κ3) is 3.75. The molecule has 0 bridgehead atoms. The number of rotatable bonds is 5. The van der Waals surface area contributed by atoms with Crippen LogP contribution in [0, 0.1) is 5.82 Å². The number of carboxylic acid groups (broad SMARTS) is 1. The Morgan fingerprint density at radius 2 is 2.11 bits per heavy atom. The fourth-order valence-corrected chi connectivity index (χ4v) is 1.67. The standard InChI is InChI=1S/C13H17FN2O3/c1-3-6-13(2,15)12(19)16-8-4-5-10(14)9(7-8)11(17)18/h4-5,7H,3,6,15H2,1-2H3,(H,16,19)(H,17,18). The summed E-state index contributed by atoms with van der Waals surface area (Å²) in [5.41, 5.74) is 4.51. The number of nitrogens with two attached hydrogens (primary N) is 1. The van der Waals surface area contributed by atoms with Crippen LogP contribution in [0.4, 0.5) is 10.1 Å². The summed E-state index contributed by atoms with van der Waals surface area (Å²) < 4.78 is 13.2. The first-order valence-corrected chi connectivity index (χ1v) is 5.91. The van der Waals surface area contributed by atoms with Gasteiger partial charge in [-0.05, 0) is 31.5 Å². The maximum absolute atomic E-state index is 13.2. The molecule has 0 radical (unpaired) electrons. The number of halogens is 1. The van der Waals surface area contributed by atoms with Crippen LogP contribution in [0.1, 0.15) is 37.0 Å². The third-order valence-electron chi connectivity index (χ3n) is 2.74. The zero-order chi connectivity index (χ0) is 14.6. The van der Waals surface area contributed by atoms with Crippen molar-refractivity contribution in [3.05, 3.63) is 29.6 Å². The fraction of sp³-hybridized carbons (Fsp3) is 0.385. The van der Waals surface area contributed by atoms with E-state index in [2.05, 4.69) is 5.32 Å². The van der Waals surface area contributed by atoms with Crippen LogP contribution in [0.3, 0.4) is 0 Å². The Bertz CT molecular complexity index is 501. The van der Waals surface area contributed by atoms with Crippen molar-refractivity contribution in [2.45, 2.75) is 32.2 Å². The van der Waals surface area contributed by atoms with Crippen LogP contribution in [0.25, 0.3) is 0 Å². The minimum Gasteiger partial charge on any atom is -0.478 e. The van der Waals surface area contributed by atoms with E-state index >= 15 is 0 Å². The highest BCUT2D eigenvalue weighted by molar-refractivity contribution is 5.98. The molecule has 19 heavy (non-hydrogen) atoms. The van der Waals surface area contributed by atoms with Gasteiger partial charge in [0.25, 0.3) is 0 Å². The van der Waals surface area contributed by atoms with Crippen molar-refractivity contribution in [1.29, 1.82) is 0 Å². The van der Waals surface area contributed by atoms with Crippen LogP contribution in [-0.2, 0) is 4.79 Å². The average molecular weight is 268 g/mol. The molecule has 1 aromatic carbocycles. The molecule has 0 aliphatic carbocycles. The first-order chi connectivity index (χ1) is 8.77. The molecule has 0 aliphatic rings. The van der Waals surface area contributed by atoms with Gasteiger partial charge in [-0.1, -0.05) is 13.3 Å². The molecule has 0 saturated heterocycles. The van der Waals surface area contributed by atoms with Crippen LogP contribution in [0.2, 0.25) is 0 Å². The quantitative estimate of drug-likeness (QED) is 0.761. The van der Waals surface area contributed by atoms with Crippen LogP contribution in [0.15, 0.2) is 18.2 Å². The van der Waals surface area contributed by atoms with Crippen molar-refractivity contribution in [3.63, 3.8) is 0 Å². The highest BCUT2D eigenvalue weighted by Crippen LogP contribution is 2.17. The number of amides is 1. The van der Waals surface area contributed by atoms with Crippen molar-refractivity contribution >= 4 is 17.6 Å². The lowest BCUT2D eigenvalue weighted by Crippen LogP contribution is -2.48. The van der Waals surface area contributed by atoms with Gasteiger partial charge in [0.15, 0.2) is 0 Å². The second-order valence-electron chi connectivity index (χ2n) is 4.62. The van der Waals surface area contributed by atoms with Gasteiger partial charge >= 0.3 is 5.97 Å². The Hall–Kier alpha value is -1.95. The number of hydrogen-bond donors (Lipinski definition) is 3. The summed E-state index contributed by atoms with van der Waals surface area (Å²) in [6.07, 6.45) is 1.23. The van der Waals surface area contributed by atoms with Crippen LogP contribution in [-0.4, -0.2) is 22.5 Å². The predicted molar refractivity (Wildman–Crippen MR) is 69.5 cm³/mol. The molecule has 0 heterocycles. The molecule has 1 rings (SSSR count). The summed E-state index contributed by atoms with van der Waals surface area (Å²) in [4.78, 5) is 22.7. The summed E-state index contributed by atoms with van der Waals surface area (Å²) in [7, 11) is 0. The van der Waals surface area contributed by atoms with Gasteiger partial charge in [-0.2, -0.15) is 0 Å². The normalized spacial score (nSPS) is 13.7. The van der Waals surface area contributed by atoms with Gasteiger partial charge in [-0.25, -0.2) is 9.18 Å². The molecule has 0 saturated carbocycles. The van der Waals surface area contributed by atoms with E-state index in [0.717, 1.165) is 18.6 Å². The van der Waals surface area contributed by atoms with Crippen LogP contribution >= 0.6 is 0 Å². The Balaban J connectivity index is 2.92. The Labute approximate surface area is 110 Å². The van der Waals surface area contributed by atoms with Gasteiger partial charge in [-0.3, -0.25) is 4.79 Å². The second-order valence-corrected chi connectivity index (χ2v) is 4.62. The molecule has 5 nitrogen and oxygen atoms in total. The molecule has 1 amide bonds. The molecule has 6 heteroatoms. The summed E-state index contributed by atoms with van der Waals surface area (Å²) in [6, 6.07) is 3.35. The van der Waals surface area contributed by atoms with E-state index in [-0.39, 0.29) is 5.69 Å². The van der Waals surface area contributed by atoms with Gasteiger partial charge < -0.3 is 16.2 Å². The highest BCUT2D eigenvalue weighted by atomic mass is 19.1. The number of carbonyl (C=O) groups excluding carboxylic acids is 1. The second kappa shape index (κ2) is 5.79. The highest BCUT2D eigenvalue weighted by Gasteiger charge is 2.27. The largest absolute Gasteiger partial charge is 0.478 e. The zero-order valence-corrected chi connectivity index (χ0v) is 10.9. The molecular formula is C13H17FN2O3. The number of carboxylic acids is 1. The van der Waals surface area contributed by atoms with Crippen molar-refractivity contribution in [2.75, 3.05) is 5.32 Å². The molecular weight excluding hydrogens is 251 g/mol. The van der Waals surface area contributed by atoms with Gasteiger partial charge in [0.1, 0.15) is 5.82 Å². The van der Waals surface area contributed by atoms with E-state index in [1.807, 2.05) is 6.92 Å². The number of hydrogen-bond acceptors (Lipinski definition) is 3. The van der Waals surface area contributed by atoms with E-state index in [1.165, 1.54) is 6.07 Å². The van der Waals surface area contributed by atoms with E-state index in [1.54, 1.807) is 6.92 Å². The first-order valence-electron chi connectivity index (χ1n) is 5.91. The predicted octanol–water partition coefficient (Wildman–Crippen LogP) is 1.98. The molecule has 0 aromatic heterocycles. The zero-order valence-electron chi connectivity index (χ0n) is 10.9. The average Bonchev–Trinajstić information content (AvgIpc) is 2.31. The molecule has 1 atom stereocenters. The summed E-state index contributed by atoms with van der Waals surface area (Å²) in [6.45, 7) is 3.49. The molecule has 0 spiro atoms. The lowest BCUT2D eigenvalue weighted by atomic mass is 9.96. The fourth-order valence-electron chi connectivity index (χ4n) is 1.67. The van der Waals surface area contributed by atoms with E-state index in [0.29, 0.717) is 6.42 Å². The lowest BCUT2D eigenvalue weighted by Gasteiger charge is -2.22. The molecule has 1 aromatic rings. The van der Waals surface area contributed by atoms with Gasteiger partial charge in [0, 0.05) is 5.69 Å².